The molecule has 22 heavy (non-hydrogen) atoms. The van der Waals surface area contributed by atoms with E-state index in [-0.39, 0.29) is 29.3 Å². The molecule has 9 heteroatoms. The van der Waals surface area contributed by atoms with Crippen molar-refractivity contribution in [3.63, 3.8) is 0 Å². The van der Waals surface area contributed by atoms with E-state index in [0.29, 0.717) is 6.54 Å². The Morgan fingerprint density at radius 3 is 2.86 bits per heavy atom. The molecule has 0 aromatic heterocycles. The fourth-order valence-corrected chi connectivity index (χ4v) is 4.30. The molecule has 1 atom stereocenters. The summed E-state index contributed by atoms with van der Waals surface area (Å²) in [6.45, 7) is 0.611. The summed E-state index contributed by atoms with van der Waals surface area (Å²) in [6, 6.07) is 4.80. The number of nitrogens with zero attached hydrogens (tertiary/aromatic N) is 1. The Kier molecular flexibility index (Phi) is 5.39. The molecule has 2 aliphatic heterocycles. The number of halogens is 1. The lowest BCUT2D eigenvalue weighted by Gasteiger charge is -2.21. The lowest BCUT2D eigenvalue weighted by Crippen LogP contribution is -2.44. The Bertz CT molecular complexity index is 675. The van der Waals surface area contributed by atoms with Crippen LogP contribution in [0.1, 0.15) is 5.56 Å². The van der Waals surface area contributed by atoms with Gasteiger partial charge >= 0.3 is 0 Å². The molecule has 1 aromatic carbocycles. The standard InChI is InChI=1S/C13H17N3O3S2.ClH/c1-14-21(18,19)10-3-2-9-4-5-16(12(9)6-10)13(17)11-7-20-8-15-11;/h2-3,6,11,14-15H,4-5,7-8H2,1H3;1H. The van der Waals surface area contributed by atoms with Crippen molar-refractivity contribution in [3.8, 4) is 0 Å². The number of sulfonamides is 1. The van der Waals surface area contributed by atoms with Gasteiger partial charge in [-0.25, -0.2) is 13.1 Å². The summed E-state index contributed by atoms with van der Waals surface area (Å²) >= 11 is 1.70. The highest BCUT2D eigenvalue weighted by atomic mass is 35.5. The van der Waals surface area contributed by atoms with Gasteiger partial charge in [-0.3, -0.25) is 10.1 Å². The minimum atomic E-state index is -3.50. The molecule has 0 aliphatic carbocycles. The monoisotopic (exact) mass is 363 g/mol. The van der Waals surface area contributed by atoms with Gasteiger partial charge in [0.1, 0.15) is 0 Å². The smallest absolute Gasteiger partial charge is 0.245 e. The number of carbonyl (C=O) groups is 1. The van der Waals surface area contributed by atoms with Crippen molar-refractivity contribution in [2.75, 3.05) is 30.1 Å². The Hall–Kier alpha value is -0.800. The van der Waals surface area contributed by atoms with E-state index in [2.05, 4.69) is 10.0 Å². The third kappa shape index (κ3) is 3.11. The topological polar surface area (TPSA) is 78.5 Å². The highest BCUT2D eigenvalue weighted by Gasteiger charge is 2.32. The molecule has 0 saturated carbocycles. The lowest BCUT2D eigenvalue weighted by molar-refractivity contribution is -0.119. The number of thioether (sulfide) groups is 1. The number of carbonyl (C=O) groups excluding carboxylic acids is 1. The Morgan fingerprint density at radius 2 is 2.23 bits per heavy atom. The van der Waals surface area contributed by atoms with E-state index in [9.17, 15) is 13.2 Å². The van der Waals surface area contributed by atoms with Crippen LogP contribution in [-0.4, -0.2) is 45.6 Å². The van der Waals surface area contributed by atoms with Crippen LogP contribution in [0.2, 0.25) is 0 Å². The third-order valence-corrected chi connectivity index (χ3v) is 6.16. The highest BCUT2D eigenvalue weighted by molar-refractivity contribution is 7.99. The predicted molar refractivity (Wildman–Crippen MR) is 90.2 cm³/mol. The second-order valence-corrected chi connectivity index (χ2v) is 7.93. The van der Waals surface area contributed by atoms with Gasteiger partial charge in [-0.2, -0.15) is 0 Å². The minimum Gasteiger partial charge on any atom is -0.310 e. The molecule has 1 saturated heterocycles. The van der Waals surface area contributed by atoms with E-state index in [1.54, 1.807) is 34.9 Å². The first-order valence-electron chi connectivity index (χ1n) is 6.72. The van der Waals surface area contributed by atoms with E-state index in [1.807, 2.05) is 0 Å². The third-order valence-electron chi connectivity index (χ3n) is 3.81. The predicted octanol–water partition coefficient (Wildman–Crippen LogP) is 0.568. The maximum absolute atomic E-state index is 12.5. The second kappa shape index (κ2) is 6.76. The number of fused-ring (bicyclic) bond motifs is 1. The normalized spacial score (nSPS) is 20.6. The number of rotatable bonds is 3. The number of anilines is 1. The average Bonchev–Trinajstić information content (AvgIpc) is 3.15. The summed E-state index contributed by atoms with van der Waals surface area (Å²) in [4.78, 5) is 14.4. The summed E-state index contributed by atoms with van der Waals surface area (Å²) in [5.41, 5.74) is 1.74. The van der Waals surface area contributed by atoms with Crippen molar-refractivity contribution < 1.29 is 13.2 Å². The molecule has 1 fully saturated rings. The molecule has 0 spiro atoms. The number of hydrogen-bond acceptors (Lipinski definition) is 5. The molecule has 6 nitrogen and oxygen atoms in total. The van der Waals surface area contributed by atoms with Gasteiger partial charge in [0.2, 0.25) is 15.9 Å². The zero-order valence-corrected chi connectivity index (χ0v) is 14.5. The molecule has 122 valence electrons. The first-order valence-corrected chi connectivity index (χ1v) is 9.36. The molecule has 3 rings (SSSR count). The largest absolute Gasteiger partial charge is 0.310 e. The first kappa shape index (κ1) is 17.6. The summed E-state index contributed by atoms with van der Waals surface area (Å²) in [5, 5.41) is 3.16. The van der Waals surface area contributed by atoms with Crippen LogP contribution in [0.25, 0.3) is 0 Å². The van der Waals surface area contributed by atoms with Gasteiger partial charge in [0.05, 0.1) is 10.9 Å². The molecule has 1 unspecified atom stereocenters. The van der Waals surface area contributed by atoms with Crippen molar-refractivity contribution in [2.24, 2.45) is 0 Å². The summed E-state index contributed by atoms with van der Waals surface area (Å²) in [6.07, 6.45) is 0.765. The average molecular weight is 364 g/mol. The zero-order valence-electron chi connectivity index (χ0n) is 12.0. The van der Waals surface area contributed by atoms with Gasteiger partial charge in [-0.15, -0.1) is 24.2 Å². The fourth-order valence-electron chi connectivity index (χ4n) is 2.61. The van der Waals surface area contributed by atoms with Crippen molar-refractivity contribution in [1.29, 1.82) is 0 Å². The Labute approximate surface area is 140 Å². The van der Waals surface area contributed by atoms with Gasteiger partial charge < -0.3 is 4.90 Å². The maximum atomic E-state index is 12.5. The Morgan fingerprint density at radius 1 is 1.45 bits per heavy atom. The van der Waals surface area contributed by atoms with Crippen LogP contribution >= 0.6 is 24.2 Å². The van der Waals surface area contributed by atoms with E-state index >= 15 is 0 Å². The van der Waals surface area contributed by atoms with Crippen LogP contribution in [0, 0.1) is 0 Å². The summed E-state index contributed by atoms with van der Waals surface area (Å²) < 4.78 is 26.1. The van der Waals surface area contributed by atoms with Gasteiger partial charge in [0.15, 0.2) is 0 Å². The molecule has 2 aliphatic rings. The van der Waals surface area contributed by atoms with Crippen LogP contribution in [0.3, 0.4) is 0 Å². The molecule has 2 N–H and O–H groups in total. The van der Waals surface area contributed by atoms with Gasteiger partial charge in [-0.05, 0) is 31.2 Å². The van der Waals surface area contributed by atoms with Gasteiger partial charge in [0, 0.05) is 23.9 Å². The summed E-state index contributed by atoms with van der Waals surface area (Å²) in [5.74, 6) is 1.57. The molecule has 2 heterocycles. The van der Waals surface area contributed by atoms with Crippen LogP contribution in [0.5, 0.6) is 0 Å². The number of amides is 1. The van der Waals surface area contributed by atoms with E-state index in [1.165, 1.54) is 7.05 Å². The molecular formula is C13H18ClN3O3S2. The molecule has 0 radical (unpaired) electrons. The van der Waals surface area contributed by atoms with Crippen molar-refractivity contribution >= 4 is 45.8 Å². The number of hydrogen-bond donors (Lipinski definition) is 2. The highest BCUT2D eigenvalue weighted by Crippen LogP contribution is 2.31. The lowest BCUT2D eigenvalue weighted by atomic mass is 10.2. The van der Waals surface area contributed by atoms with E-state index in [4.69, 9.17) is 0 Å². The van der Waals surface area contributed by atoms with Crippen molar-refractivity contribution in [2.45, 2.75) is 17.4 Å². The van der Waals surface area contributed by atoms with E-state index in [0.717, 1.165) is 29.3 Å². The molecule has 0 bridgehead atoms. The van der Waals surface area contributed by atoms with Crippen molar-refractivity contribution in [3.05, 3.63) is 23.8 Å². The first-order chi connectivity index (χ1) is 10.0. The van der Waals surface area contributed by atoms with Crippen LogP contribution in [0.4, 0.5) is 5.69 Å². The van der Waals surface area contributed by atoms with E-state index < -0.39 is 10.0 Å². The van der Waals surface area contributed by atoms with Gasteiger partial charge in [0.25, 0.3) is 0 Å². The minimum absolute atomic E-state index is 0. The molecular weight excluding hydrogens is 346 g/mol. The van der Waals surface area contributed by atoms with Crippen LogP contribution < -0.4 is 14.9 Å². The zero-order chi connectivity index (χ0) is 15.0. The van der Waals surface area contributed by atoms with Crippen LogP contribution in [-0.2, 0) is 21.2 Å². The second-order valence-electron chi connectivity index (χ2n) is 5.01. The van der Waals surface area contributed by atoms with Gasteiger partial charge in [-0.1, -0.05) is 6.07 Å². The molecule has 1 amide bonds. The molecule has 1 aromatic rings. The SMILES string of the molecule is CNS(=O)(=O)c1ccc2c(c1)N(C(=O)C1CSCN1)CC2.Cl. The maximum Gasteiger partial charge on any atom is 0.245 e. The summed E-state index contributed by atoms with van der Waals surface area (Å²) in [7, 11) is -2.12. The number of nitrogens with one attached hydrogen (secondary N) is 2. The quantitative estimate of drug-likeness (QED) is 0.820. The fraction of sp³-hybridized carbons (Fsp3) is 0.462. The van der Waals surface area contributed by atoms with Crippen LogP contribution in [0.15, 0.2) is 23.1 Å². The number of benzene rings is 1. The Balaban J connectivity index is 0.00000176. The van der Waals surface area contributed by atoms with Crippen molar-refractivity contribution in [1.82, 2.24) is 10.0 Å².